The van der Waals surface area contributed by atoms with Crippen LogP contribution >= 0.6 is 0 Å². The van der Waals surface area contributed by atoms with E-state index < -0.39 is 0 Å². The fourth-order valence-electron chi connectivity index (χ4n) is 2.29. The van der Waals surface area contributed by atoms with Crippen LogP contribution in [0.4, 0.5) is 4.39 Å². The maximum Gasteiger partial charge on any atom is 0.126 e. The molecule has 16 heavy (non-hydrogen) atoms. The third-order valence-corrected chi connectivity index (χ3v) is 3.36. The molecule has 0 spiro atoms. The molecule has 1 atom stereocenters. The average Bonchev–Trinajstić information content (AvgIpc) is 2.76. The van der Waals surface area contributed by atoms with Crippen LogP contribution in [0, 0.1) is 11.7 Å². The van der Waals surface area contributed by atoms with Crippen LogP contribution in [-0.4, -0.2) is 31.1 Å². The van der Waals surface area contributed by atoms with Gasteiger partial charge in [0.15, 0.2) is 0 Å². The van der Waals surface area contributed by atoms with Crippen molar-refractivity contribution in [2.24, 2.45) is 11.7 Å². The molecule has 0 aromatic heterocycles. The van der Waals surface area contributed by atoms with E-state index in [1.807, 2.05) is 12.1 Å². The normalized spacial score (nSPS) is 21.5. The van der Waals surface area contributed by atoms with Gasteiger partial charge in [0.05, 0.1) is 0 Å². The van der Waals surface area contributed by atoms with Gasteiger partial charge in [0.2, 0.25) is 0 Å². The Morgan fingerprint density at radius 1 is 1.38 bits per heavy atom. The molecule has 0 radical (unpaired) electrons. The molecule has 2 nitrogen and oxygen atoms in total. The van der Waals surface area contributed by atoms with E-state index in [-0.39, 0.29) is 5.82 Å². The molecule has 1 aliphatic heterocycles. The maximum absolute atomic E-state index is 13.4. The summed E-state index contributed by atoms with van der Waals surface area (Å²) in [5.74, 6) is 0.553. The Morgan fingerprint density at radius 3 is 2.88 bits per heavy atom. The Kier molecular flexibility index (Phi) is 3.91. The Hall–Kier alpha value is -0.930. The first-order valence-electron chi connectivity index (χ1n) is 5.95. The number of benzene rings is 1. The summed E-state index contributed by atoms with van der Waals surface area (Å²) in [6, 6.07) is 7.03. The lowest BCUT2D eigenvalue weighted by atomic mass is 10.1. The predicted molar refractivity (Wildman–Crippen MR) is 63.7 cm³/mol. The number of rotatable bonds is 4. The number of halogens is 1. The zero-order valence-electron chi connectivity index (χ0n) is 9.53. The van der Waals surface area contributed by atoms with Crippen LogP contribution in [-0.2, 0) is 6.42 Å². The standard InChI is InChI=1S/C13H19FN2/c14-13-4-2-1-3-12(13)6-8-16-7-5-11(9-15)10-16/h1-4,11H,5-10,15H2. The Balaban J connectivity index is 1.82. The van der Waals surface area contributed by atoms with E-state index in [1.165, 1.54) is 12.5 Å². The van der Waals surface area contributed by atoms with Crippen molar-refractivity contribution in [3.63, 3.8) is 0 Å². The van der Waals surface area contributed by atoms with Crippen molar-refractivity contribution in [1.82, 2.24) is 4.90 Å². The van der Waals surface area contributed by atoms with Crippen molar-refractivity contribution in [1.29, 1.82) is 0 Å². The van der Waals surface area contributed by atoms with Gasteiger partial charge in [-0.2, -0.15) is 0 Å². The molecule has 0 bridgehead atoms. The van der Waals surface area contributed by atoms with Gasteiger partial charge in [0.25, 0.3) is 0 Å². The molecular weight excluding hydrogens is 203 g/mol. The Labute approximate surface area is 96.2 Å². The van der Waals surface area contributed by atoms with Crippen molar-refractivity contribution in [3.05, 3.63) is 35.6 Å². The molecule has 2 N–H and O–H groups in total. The van der Waals surface area contributed by atoms with E-state index in [2.05, 4.69) is 4.90 Å². The van der Waals surface area contributed by atoms with Crippen LogP contribution < -0.4 is 5.73 Å². The summed E-state index contributed by atoms with van der Waals surface area (Å²) in [5.41, 5.74) is 6.46. The first-order chi connectivity index (χ1) is 7.79. The highest BCUT2D eigenvalue weighted by Gasteiger charge is 2.20. The second-order valence-electron chi connectivity index (χ2n) is 4.53. The molecule has 1 aromatic carbocycles. The second kappa shape index (κ2) is 5.41. The number of hydrogen-bond acceptors (Lipinski definition) is 2. The first-order valence-corrected chi connectivity index (χ1v) is 5.95. The Morgan fingerprint density at radius 2 is 2.19 bits per heavy atom. The van der Waals surface area contributed by atoms with Gasteiger partial charge < -0.3 is 10.6 Å². The zero-order valence-corrected chi connectivity index (χ0v) is 9.53. The van der Waals surface area contributed by atoms with Gasteiger partial charge in [0.1, 0.15) is 5.82 Å². The van der Waals surface area contributed by atoms with Crippen molar-refractivity contribution in [3.8, 4) is 0 Å². The summed E-state index contributed by atoms with van der Waals surface area (Å²) >= 11 is 0. The molecule has 0 amide bonds. The molecule has 1 aromatic rings. The lowest BCUT2D eigenvalue weighted by molar-refractivity contribution is 0.328. The SMILES string of the molecule is NCC1CCN(CCc2ccccc2F)C1. The van der Waals surface area contributed by atoms with Gasteiger partial charge >= 0.3 is 0 Å². The fourth-order valence-corrected chi connectivity index (χ4v) is 2.29. The minimum atomic E-state index is -0.0860. The molecule has 1 saturated heterocycles. The van der Waals surface area contributed by atoms with Crippen molar-refractivity contribution in [2.75, 3.05) is 26.2 Å². The summed E-state index contributed by atoms with van der Waals surface area (Å²) < 4.78 is 13.4. The highest BCUT2D eigenvalue weighted by atomic mass is 19.1. The van der Waals surface area contributed by atoms with Crippen molar-refractivity contribution in [2.45, 2.75) is 12.8 Å². The summed E-state index contributed by atoms with van der Waals surface area (Å²) in [6.07, 6.45) is 1.98. The summed E-state index contributed by atoms with van der Waals surface area (Å²) in [7, 11) is 0. The van der Waals surface area contributed by atoms with Gasteiger partial charge in [-0.05, 0) is 43.5 Å². The molecule has 0 saturated carbocycles. The lowest BCUT2D eigenvalue weighted by Crippen LogP contribution is -2.25. The highest BCUT2D eigenvalue weighted by Crippen LogP contribution is 2.16. The van der Waals surface area contributed by atoms with Crippen LogP contribution in [0.25, 0.3) is 0 Å². The van der Waals surface area contributed by atoms with Gasteiger partial charge in [0, 0.05) is 13.1 Å². The quantitative estimate of drug-likeness (QED) is 0.839. The third-order valence-electron chi connectivity index (χ3n) is 3.36. The van der Waals surface area contributed by atoms with Crippen LogP contribution in [0.2, 0.25) is 0 Å². The summed E-state index contributed by atoms with van der Waals surface area (Å²) in [5, 5.41) is 0. The lowest BCUT2D eigenvalue weighted by Gasteiger charge is -2.15. The zero-order chi connectivity index (χ0) is 11.4. The monoisotopic (exact) mass is 222 g/mol. The highest BCUT2D eigenvalue weighted by molar-refractivity contribution is 5.17. The van der Waals surface area contributed by atoms with Gasteiger partial charge in [-0.3, -0.25) is 0 Å². The van der Waals surface area contributed by atoms with Gasteiger partial charge in [-0.15, -0.1) is 0 Å². The summed E-state index contributed by atoms with van der Waals surface area (Å²) in [4.78, 5) is 2.38. The number of likely N-dealkylation sites (tertiary alicyclic amines) is 1. The fraction of sp³-hybridized carbons (Fsp3) is 0.538. The molecular formula is C13H19FN2. The van der Waals surface area contributed by atoms with Crippen LogP contribution in [0.3, 0.4) is 0 Å². The first kappa shape index (κ1) is 11.6. The largest absolute Gasteiger partial charge is 0.330 e. The number of nitrogens with zero attached hydrogens (tertiary/aromatic N) is 1. The average molecular weight is 222 g/mol. The molecule has 1 aliphatic rings. The molecule has 1 unspecified atom stereocenters. The number of hydrogen-bond donors (Lipinski definition) is 1. The van der Waals surface area contributed by atoms with E-state index in [0.717, 1.165) is 38.2 Å². The van der Waals surface area contributed by atoms with Crippen LogP contribution in [0.15, 0.2) is 24.3 Å². The molecule has 2 rings (SSSR count). The van der Waals surface area contributed by atoms with E-state index in [0.29, 0.717) is 5.92 Å². The molecule has 88 valence electrons. The molecule has 1 heterocycles. The van der Waals surface area contributed by atoms with Crippen molar-refractivity contribution >= 4 is 0 Å². The number of nitrogens with two attached hydrogens (primary N) is 1. The molecule has 3 heteroatoms. The van der Waals surface area contributed by atoms with Gasteiger partial charge in [-0.1, -0.05) is 18.2 Å². The second-order valence-corrected chi connectivity index (χ2v) is 4.53. The van der Waals surface area contributed by atoms with E-state index in [9.17, 15) is 4.39 Å². The van der Waals surface area contributed by atoms with E-state index in [4.69, 9.17) is 5.73 Å². The van der Waals surface area contributed by atoms with Gasteiger partial charge in [-0.25, -0.2) is 4.39 Å². The van der Waals surface area contributed by atoms with Crippen LogP contribution in [0.1, 0.15) is 12.0 Å². The minimum absolute atomic E-state index is 0.0860. The smallest absolute Gasteiger partial charge is 0.126 e. The topological polar surface area (TPSA) is 29.3 Å². The third kappa shape index (κ3) is 2.80. The predicted octanol–water partition coefficient (Wildman–Crippen LogP) is 1.65. The van der Waals surface area contributed by atoms with Crippen LogP contribution in [0.5, 0.6) is 0 Å². The maximum atomic E-state index is 13.4. The molecule has 1 fully saturated rings. The minimum Gasteiger partial charge on any atom is -0.330 e. The van der Waals surface area contributed by atoms with E-state index in [1.54, 1.807) is 6.07 Å². The van der Waals surface area contributed by atoms with Crippen molar-refractivity contribution < 1.29 is 4.39 Å². The summed E-state index contributed by atoms with van der Waals surface area (Å²) in [6.45, 7) is 3.90. The Bertz CT molecular complexity index is 340. The van der Waals surface area contributed by atoms with E-state index >= 15 is 0 Å². The molecule has 0 aliphatic carbocycles.